The summed E-state index contributed by atoms with van der Waals surface area (Å²) in [6.07, 6.45) is 1.89. The first-order chi connectivity index (χ1) is 8.19. The SMILES string of the molecule is CSc1nc(Cl)cc(Oc2ccccc2I)n1. The van der Waals surface area contributed by atoms with E-state index in [0.717, 1.165) is 9.32 Å². The van der Waals surface area contributed by atoms with Crippen molar-refractivity contribution in [2.24, 2.45) is 0 Å². The Bertz CT molecular complexity index is 539. The number of para-hydroxylation sites is 1. The maximum atomic E-state index is 5.89. The first-order valence-electron chi connectivity index (χ1n) is 4.70. The lowest BCUT2D eigenvalue weighted by Gasteiger charge is -2.07. The molecule has 0 bridgehead atoms. The van der Waals surface area contributed by atoms with Crippen LogP contribution < -0.4 is 4.74 Å². The van der Waals surface area contributed by atoms with Crippen molar-refractivity contribution in [3.05, 3.63) is 39.1 Å². The van der Waals surface area contributed by atoms with Gasteiger partial charge in [0.25, 0.3) is 0 Å². The summed E-state index contributed by atoms with van der Waals surface area (Å²) in [5, 5.41) is 0.976. The van der Waals surface area contributed by atoms with Gasteiger partial charge in [-0.3, -0.25) is 0 Å². The highest BCUT2D eigenvalue weighted by atomic mass is 127. The molecule has 0 unspecified atom stereocenters. The van der Waals surface area contributed by atoms with Crippen molar-refractivity contribution in [2.45, 2.75) is 5.16 Å². The Labute approximate surface area is 122 Å². The molecule has 2 rings (SSSR count). The molecule has 0 saturated heterocycles. The van der Waals surface area contributed by atoms with Crippen LogP contribution in [0.4, 0.5) is 0 Å². The number of hydrogen-bond acceptors (Lipinski definition) is 4. The van der Waals surface area contributed by atoms with Gasteiger partial charge in [0.1, 0.15) is 10.9 Å². The van der Waals surface area contributed by atoms with Crippen LogP contribution in [0.25, 0.3) is 0 Å². The highest BCUT2D eigenvalue weighted by Gasteiger charge is 2.06. The van der Waals surface area contributed by atoms with E-state index in [-0.39, 0.29) is 0 Å². The van der Waals surface area contributed by atoms with Gasteiger partial charge in [0.15, 0.2) is 5.16 Å². The third-order valence-corrected chi connectivity index (χ3v) is 3.52. The zero-order chi connectivity index (χ0) is 12.3. The maximum Gasteiger partial charge on any atom is 0.224 e. The van der Waals surface area contributed by atoms with Gasteiger partial charge in [0.2, 0.25) is 5.88 Å². The molecule has 1 aromatic carbocycles. The predicted octanol–water partition coefficient (Wildman–Crippen LogP) is 4.25. The molecule has 0 atom stereocenters. The lowest BCUT2D eigenvalue weighted by molar-refractivity contribution is 0.452. The monoisotopic (exact) mass is 378 g/mol. The van der Waals surface area contributed by atoms with Gasteiger partial charge in [-0.25, -0.2) is 4.98 Å². The number of halogens is 2. The summed E-state index contributed by atoms with van der Waals surface area (Å²) in [6.45, 7) is 0. The van der Waals surface area contributed by atoms with Crippen LogP contribution in [0.5, 0.6) is 11.6 Å². The molecule has 1 heterocycles. The minimum atomic E-state index is 0.380. The Hall–Kier alpha value is -0.530. The van der Waals surface area contributed by atoms with Crippen LogP contribution in [-0.2, 0) is 0 Å². The third kappa shape index (κ3) is 3.46. The lowest BCUT2D eigenvalue weighted by atomic mass is 10.3. The maximum absolute atomic E-state index is 5.89. The number of hydrogen-bond donors (Lipinski definition) is 0. The molecule has 88 valence electrons. The van der Waals surface area contributed by atoms with Crippen molar-refractivity contribution in [2.75, 3.05) is 6.26 Å². The Balaban J connectivity index is 2.30. The Morgan fingerprint density at radius 3 is 2.76 bits per heavy atom. The van der Waals surface area contributed by atoms with Crippen LogP contribution >= 0.6 is 46.0 Å². The molecule has 0 saturated carbocycles. The molecular formula is C11H8ClIN2OS. The van der Waals surface area contributed by atoms with Gasteiger partial charge >= 0.3 is 0 Å². The molecule has 0 aliphatic rings. The van der Waals surface area contributed by atoms with E-state index in [4.69, 9.17) is 16.3 Å². The second-order valence-electron chi connectivity index (χ2n) is 3.05. The smallest absolute Gasteiger partial charge is 0.224 e. The van der Waals surface area contributed by atoms with Crippen LogP contribution in [0.15, 0.2) is 35.5 Å². The number of aromatic nitrogens is 2. The number of thioether (sulfide) groups is 1. The lowest BCUT2D eigenvalue weighted by Crippen LogP contribution is -1.93. The average molecular weight is 379 g/mol. The largest absolute Gasteiger partial charge is 0.438 e. The minimum Gasteiger partial charge on any atom is -0.438 e. The number of benzene rings is 1. The number of rotatable bonds is 3. The topological polar surface area (TPSA) is 35.0 Å². The molecule has 3 nitrogen and oxygen atoms in total. The second-order valence-corrected chi connectivity index (χ2v) is 5.37. The average Bonchev–Trinajstić information content (AvgIpc) is 2.31. The number of ether oxygens (including phenoxy) is 1. The van der Waals surface area contributed by atoms with Gasteiger partial charge in [0.05, 0.1) is 3.57 Å². The van der Waals surface area contributed by atoms with Crippen LogP contribution in [0.1, 0.15) is 0 Å². The van der Waals surface area contributed by atoms with Crippen LogP contribution in [0.2, 0.25) is 5.15 Å². The Morgan fingerprint density at radius 1 is 1.29 bits per heavy atom. The fourth-order valence-electron chi connectivity index (χ4n) is 1.16. The quantitative estimate of drug-likeness (QED) is 0.346. The van der Waals surface area contributed by atoms with Crippen molar-refractivity contribution in [3.63, 3.8) is 0 Å². The van der Waals surface area contributed by atoms with E-state index in [1.165, 1.54) is 11.8 Å². The molecule has 6 heteroatoms. The second kappa shape index (κ2) is 5.88. The van der Waals surface area contributed by atoms with E-state index < -0.39 is 0 Å². The molecule has 17 heavy (non-hydrogen) atoms. The van der Waals surface area contributed by atoms with Gasteiger partial charge < -0.3 is 4.74 Å². The van der Waals surface area contributed by atoms with Crippen molar-refractivity contribution in [1.82, 2.24) is 9.97 Å². The molecule has 0 aliphatic carbocycles. The fraction of sp³-hybridized carbons (Fsp3) is 0.0909. The predicted molar refractivity (Wildman–Crippen MR) is 78.1 cm³/mol. The molecule has 0 spiro atoms. The van der Waals surface area contributed by atoms with Crippen LogP contribution in [0, 0.1) is 3.57 Å². The normalized spacial score (nSPS) is 10.3. The van der Waals surface area contributed by atoms with Gasteiger partial charge in [0, 0.05) is 6.07 Å². The van der Waals surface area contributed by atoms with Crippen molar-refractivity contribution in [3.8, 4) is 11.6 Å². The van der Waals surface area contributed by atoms with Gasteiger partial charge in [-0.2, -0.15) is 4.98 Å². The zero-order valence-corrected chi connectivity index (χ0v) is 12.6. The Kier molecular flexibility index (Phi) is 4.47. The molecule has 0 radical (unpaired) electrons. The van der Waals surface area contributed by atoms with Crippen LogP contribution in [-0.4, -0.2) is 16.2 Å². The summed E-state index contributed by atoms with van der Waals surface area (Å²) in [5.74, 6) is 1.22. The van der Waals surface area contributed by atoms with E-state index in [2.05, 4.69) is 32.6 Å². The summed E-state index contributed by atoms with van der Waals surface area (Å²) in [6, 6.07) is 9.32. The molecule has 0 fully saturated rings. The highest BCUT2D eigenvalue weighted by molar-refractivity contribution is 14.1. The number of nitrogens with zero attached hydrogens (tertiary/aromatic N) is 2. The van der Waals surface area contributed by atoms with Crippen molar-refractivity contribution in [1.29, 1.82) is 0 Å². The third-order valence-electron chi connectivity index (χ3n) is 1.88. The van der Waals surface area contributed by atoms with Gasteiger partial charge in [-0.15, -0.1) is 0 Å². The van der Waals surface area contributed by atoms with Crippen molar-refractivity contribution < 1.29 is 4.74 Å². The van der Waals surface area contributed by atoms with E-state index in [9.17, 15) is 0 Å². The summed E-state index contributed by atoms with van der Waals surface area (Å²) in [4.78, 5) is 8.28. The minimum absolute atomic E-state index is 0.380. The first-order valence-corrected chi connectivity index (χ1v) is 7.38. The summed E-state index contributed by atoms with van der Waals surface area (Å²) in [7, 11) is 0. The standard InChI is InChI=1S/C11H8ClIN2OS/c1-17-11-14-9(12)6-10(15-11)16-8-5-3-2-4-7(8)13/h2-6H,1H3. The van der Waals surface area contributed by atoms with E-state index in [0.29, 0.717) is 16.2 Å². The molecule has 0 amide bonds. The molecule has 0 N–H and O–H groups in total. The van der Waals surface area contributed by atoms with Crippen LogP contribution in [0.3, 0.4) is 0 Å². The Morgan fingerprint density at radius 2 is 2.06 bits per heavy atom. The van der Waals surface area contributed by atoms with E-state index in [1.807, 2.05) is 30.5 Å². The van der Waals surface area contributed by atoms with E-state index >= 15 is 0 Å². The van der Waals surface area contributed by atoms with Gasteiger partial charge in [-0.05, 0) is 41.0 Å². The summed E-state index contributed by atoms with van der Waals surface area (Å²) >= 11 is 9.52. The molecule has 1 aromatic heterocycles. The molecule has 2 aromatic rings. The fourth-order valence-corrected chi connectivity index (χ4v) is 2.25. The molecular weight excluding hydrogens is 371 g/mol. The van der Waals surface area contributed by atoms with E-state index in [1.54, 1.807) is 6.07 Å². The van der Waals surface area contributed by atoms with Crippen molar-refractivity contribution >= 4 is 46.0 Å². The summed E-state index contributed by atoms with van der Waals surface area (Å²) in [5.41, 5.74) is 0. The molecule has 0 aliphatic heterocycles. The first kappa shape index (κ1) is 12.9. The van der Waals surface area contributed by atoms with Gasteiger partial charge in [-0.1, -0.05) is 35.5 Å². The summed E-state index contributed by atoms with van der Waals surface area (Å²) < 4.78 is 6.70. The zero-order valence-electron chi connectivity index (χ0n) is 8.85. The highest BCUT2D eigenvalue weighted by Crippen LogP contribution is 2.27.